The number of benzene rings is 1. The van der Waals surface area contributed by atoms with E-state index in [9.17, 15) is 24.3 Å². The Morgan fingerprint density at radius 1 is 0.667 bits per heavy atom. The summed E-state index contributed by atoms with van der Waals surface area (Å²) in [5, 5.41) is 10.8. The van der Waals surface area contributed by atoms with Gasteiger partial charge in [-0.25, -0.2) is 0 Å². The minimum absolute atomic E-state index is 0.126. The Balaban J connectivity index is 2.36. The second-order valence-corrected chi connectivity index (χ2v) is 10.4. The molecule has 1 aromatic carbocycles. The molecule has 0 spiro atoms. The average molecular weight is 630 g/mol. The highest BCUT2D eigenvalue weighted by Crippen LogP contribution is 2.16. The Morgan fingerprint density at radius 2 is 1.07 bits per heavy atom. The number of aliphatic hydroxyl groups excluding tert-OH is 1. The van der Waals surface area contributed by atoms with E-state index in [0.717, 1.165) is 11.1 Å². The number of rotatable bonds is 21. The van der Waals surface area contributed by atoms with Crippen LogP contribution in [0.25, 0.3) is 0 Å². The molecule has 0 aliphatic rings. The van der Waals surface area contributed by atoms with Crippen molar-refractivity contribution in [3.8, 4) is 0 Å². The van der Waals surface area contributed by atoms with Crippen LogP contribution in [0, 0.1) is 0 Å². The molecule has 1 aromatic heterocycles. The van der Waals surface area contributed by atoms with Gasteiger partial charge in [0.05, 0.1) is 70.1 Å². The monoisotopic (exact) mass is 629 g/mol. The number of ether oxygens (including phenoxy) is 4. The predicted molar refractivity (Wildman–Crippen MR) is 166 cm³/mol. The van der Waals surface area contributed by atoms with Gasteiger partial charge in [0.15, 0.2) is 0 Å². The molecule has 12 nitrogen and oxygen atoms in total. The number of nitrogens with zero attached hydrogens (tertiary/aromatic N) is 3. The minimum atomic E-state index is -0.583. The van der Waals surface area contributed by atoms with Crippen LogP contribution < -0.4 is 0 Å². The Labute approximate surface area is 265 Å². The van der Waals surface area contributed by atoms with Gasteiger partial charge in [-0.2, -0.15) is 0 Å². The number of aromatic nitrogens is 1. The predicted octanol–water partition coefficient (Wildman–Crippen LogP) is 2.47. The van der Waals surface area contributed by atoms with E-state index in [4.69, 9.17) is 23.9 Å². The summed E-state index contributed by atoms with van der Waals surface area (Å²) in [5.41, 5.74) is 3.01. The van der Waals surface area contributed by atoms with Crippen molar-refractivity contribution in [2.75, 3.05) is 52.6 Å². The van der Waals surface area contributed by atoms with Crippen molar-refractivity contribution in [2.45, 2.75) is 66.2 Å². The van der Waals surface area contributed by atoms with Gasteiger partial charge in [-0.05, 0) is 70.2 Å². The fourth-order valence-electron chi connectivity index (χ4n) is 4.70. The van der Waals surface area contributed by atoms with E-state index in [1.54, 1.807) is 37.5 Å². The SMILES string of the molecule is CCOC(=O)CN(CC(=O)OCC)Cc1cc(CCC(O)Cc2ccccc2)cc(CN(CC(=O)OCC)CC(=O)OCC)n1. The van der Waals surface area contributed by atoms with E-state index in [-0.39, 0.29) is 65.7 Å². The fraction of sp³-hybridized carbons (Fsp3) is 0.545. The lowest BCUT2D eigenvalue weighted by Crippen LogP contribution is -2.37. The van der Waals surface area contributed by atoms with Gasteiger partial charge in [-0.15, -0.1) is 0 Å². The second-order valence-electron chi connectivity index (χ2n) is 10.4. The molecule has 0 aliphatic heterocycles. The Hall–Kier alpha value is -3.87. The number of hydrogen-bond acceptors (Lipinski definition) is 12. The topological polar surface area (TPSA) is 145 Å². The van der Waals surface area contributed by atoms with Gasteiger partial charge in [0.2, 0.25) is 0 Å². The van der Waals surface area contributed by atoms with Gasteiger partial charge in [0.1, 0.15) is 0 Å². The normalized spacial score (nSPS) is 11.7. The van der Waals surface area contributed by atoms with Gasteiger partial charge in [-0.3, -0.25) is 34.0 Å². The van der Waals surface area contributed by atoms with Crippen molar-refractivity contribution in [3.63, 3.8) is 0 Å². The van der Waals surface area contributed by atoms with E-state index < -0.39 is 30.0 Å². The number of pyridine rings is 1. The van der Waals surface area contributed by atoms with Crippen molar-refractivity contribution >= 4 is 23.9 Å². The zero-order valence-corrected chi connectivity index (χ0v) is 26.9. The summed E-state index contributed by atoms with van der Waals surface area (Å²) in [5.74, 6) is -1.95. The van der Waals surface area contributed by atoms with E-state index >= 15 is 0 Å². The summed E-state index contributed by atoms with van der Waals surface area (Å²) in [4.78, 5) is 57.3. The van der Waals surface area contributed by atoms with Crippen molar-refractivity contribution in [3.05, 3.63) is 65.0 Å². The molecule has 2 aromatic rings. The Bertz CT molecular complexity index is 1100. The molecule has 0 radical (unpaired) electrons. The first-order valence-electron chi connectivity index (χ1n) is 15.4. The zero-order valence-electron chi connectivity index (χ0n) is 26.9. The average Bonchev–Trinajstić information content (AvgIpc) is 2.97. The van der Waals surface area contributed by atoms with Crippen LogP contribution in [0.2, 0.25) is 0 Å². The molecular formula is C33H47N3O9. The Kier molecular flexibility index (Phi) is 17.4. The summed E-state index contributed by atoms with van der Waals surface area (Å²) in [6.45, 7) is 7.26. The van der Waals surface area contributed by atoms with E-state index in [1.165, 1.54) is 0 Å². The Morgan fingerprint density at radius 3 is 1.44 bits per heavy atom. The number of carbonyl (C=O) groups is 4. The third-order valence-corrected chi connectivity index (χ3v) is 6.47. The third kappa shape index (κ3) is 15.6. The molecule has 1 N–H and O–H groups in total. The molecule has 0 bridgehead atoms. The molecule has 0 saturated heterocycles. The molecule has 0 saturated carbocycles. The lowest BCUT2D eigenvalue weighted by molar-refractivity contribution is -0.150. The fourth-order valence-corrected chi connectivity index (χ4v) is 4.70. The van der Waals surface area contributed by atoms with Crippen molar-refractivity contribution in [1.82, 2.24) is 14.8 Å². The maximum absolute atomic E-state index is 12.3. The van der Waals surface area contributed by atoms with Gasteiger partial charge < -0.3 is 24.1 Å². The van der Waals surface area contributed by atoms with Crippen LogP contribution in [-0.4, -0.2) is 102 Å². The molecule has 1 atom stereocenters. The first-order chi connectivity index (χ1) is 21.6. The van der Waals surface area contributed by atoms with Gasteiger partial charge in [-0.1, -0.05) is 30.3 Å². The van der Waals surface area contributed by atoms with E-state index in [1.807, 2.05) is 42.5 Å². The van der Waals surface area contributed by atoms with E-state index in [2.05, 4.69) is 0 Å². The molecule has 1 heterocycles. The van der Waals surface area contributed by atoms with Crippen molar-refractivity contribution in [1.29, 1.82) is 0 Å². The summed E-state index contributed by atoms with van der Waals surface area (Å²) < 4.78 is 20.4. The van der Waals surface area contributed by atoms with Crippen molar-refractivity contribution < 1.29 is 43.2 Å². The maximum atomic E-state index is 12.3. The van der Waals surface area contributed by atoms with Gasteiger partial charge >= 0.3 is 23.9 Å². The summed E-state index contributed by atoms with van der Waals surface area (Å²) in [6.07, 6.45) is 0.913. The van der Waals surface area contributed by atoms with Crippen LogP contribution in [0.15, 0.2) is 42.5 Å². The number of aryl methyl sites for hydroxylation is 1. The highest BCUT2D eigenvalue weighted by atomic mass is 16.5. The lowest BCUT2D eigenvalue weighted by Gasteiger charge is -2.23. The van der Waals surface area contributed by atoms with E-state index in [0.29, 0.717) is 30.7 Å². The molecule has 248 valence electrons. The highest BCUT2D eigenvalue weighted by molar-refractivity contribution is 5.75. The maximum Gasteiger partial charge on any atom is 0.320 e. The van der Waals surface area contributed by atoms with Crippen LogP contribution >= 0.6 is 0 Å². The number of esters is 4. The van der Waals surface area contributed by atoms with Crippen LogP contribution in [0.4, 0.5) is 0 Å². The molecule has 0 aliphatic carbocycles. The molecular weight excluding hydrogens is 582 g/mol. The first-order valence-corrected chi connectivity index (χ1v) is 15.4. The standard InChI is InChI=1S/C33H47N3O9/c1-5-42-30(38)21-35(22-31(39)43-6-2)19-27-16-26(14-15-29(37)18-25-12-10-9-11-13-25)17-28(34-27)20-36(23-32(40)44-7-3)24-33(41)45-8-4/h9-13,16-17,29,37H,5-8,14-15,18-24H2,1-4H3. The summed E-state index contributed by atoms with van der Waals surface area (Å²) in [6, 6.07) is 13.5. The summed E-state index contributed by atoms with van der Waals surface area (Å²) >= 11 is 0. The minimum Gasteiger partial charge on any atom is -0.465 e. The molecule has 0 amide bonds. The zero-order chi connectivity index (χ0) is 33.0. The van der Waals surface area contributed by atoms with Crippen LogP contribution in [0.3, 0.4) is 0 Å². The number of carbonyl (C=O) groups excluding carboxylic acids is 4. The first kappa shape index (κ1) is 37.3. The van der Waals surface area contributed by atoms with Gasteiger partial charge in [0, 0.05) is 13.1 Å². The molecule has 45 heavy (non-hydrogen) atoms. The quantitative estimate of drug-likeness (QED) is 0.160. The lowest BCUT2D eigenvalue weighted by atomic mass is 10.0. The second kappa shape index (κ2) is 21.0. The number of hydrogen-bond donors (Lipinski definition) is 1. The summed E-state index contributed by atoms with van der Waals surface area (Å²) in [7, 11) is 0. The van der Waals surface area contributed by atoms with Crippen LogP contribution in [0.5, 0.6) is 0 Å². The third-order valence-electron chi connectivity index (χ3n) is 6.47. The smallest absolute Gasteiger partial charge is 0.320 e. The van der Waals surface area contributed by atoms with Crippen molar-refractivity contribution in [2.24, 2.45) is 0 Å². The van der Waals surface area contributed by atoms with Crippen LogP contribution in [-0.2, 0) is 64.1 Å². The van der Waals surface area contributed by atoms with Gasteiger partial charge in [0.25, 0.3) is 0 Å². The largest absolute Gasteiger partial charge is 0.465 e. The number of aliphatic hydroxyl groups is 1. The molecule has 0 fully saturated rings. The van der Waals surface area contributed by atoms with Crippen LogP contribution in [0.1, 0.15) is 56.6 Å². The highest BCUT2D eigenvalue weighted by Gasteiger charge is 2.21. The molecule has 12 heteroatoms. The molecule has 1 unspecified atom stereocenters. The molecule has 2 rings (SSSR count).